The molecule has 0 amide bonds. The highest BCUT2D eigenvalue weighted by Gasteiger charge is 2.19. The summed E-state index contributed by atoms with van der Waals surface area (Å²) in [6.45, 7) is 6.64. The molecule has 358 valence electrons. The molecule has 0 aliphatic carbocycles. The minimum absolute atomic E-state index is 0.0705. The summed E-state index contributed by atoms with van der Waals surface area (Å²) >= 11 is 0. The normalized spacial score (nSPS) is 12.1. The Labute approximate surface area is 379 Å². The summed E-state index contributed by atoms with van der Waals surface area (Å²) in [6, 6.07) is 0. The van der Waals surface area contributed by atoms with E-state index in [0.717, 1.165) is 77.0 Å². The third-order valence-corrected chi connectivity index (χ3v) is 12.0. The van der Waals surface area contributed by atoms with Crippen LogP contribution in [0.1, 0.15) is 290 Å². The van der Waals surface area contributed by atoms with Crippen LogP contribution in [0.25, 0.3) is 0 Å². The van der Waals surface area contributed by atoms with Gasteiger partial charge in [-0.1, -0.05) is 244 Å². The average molecular weight is 859 g/mol. The van der Waals surface area contributed by atoms with Crippen LogP contribution >= 0.6 is 0 Å². The number of hydrogen-bond acceptors (Lipinski definition) is 6. The number of unbranched alkanes of at least 4 members (excludes halogenated alkanes) is 34. The Balaban J connectivity index is 4.35. The van der Waals surface area contributed by atoms with E-state index in [9.17, 15) is 14.4 Å². The topological polar surface area (TPSA) is 78.9 Å². The monoisotopic (exact) mass is 859 g/mol. The van der Waals surface area contributed by atoms with Crippen molar-refractivity contribution in [3.8, 4) is 0 Å². The maximum Gasteiger partial charge on any atom is 0.306 e. The van der Waals surface area contributed by atoms with Gasteiger partial charge in [0.2, 0.25) is 0 Å². The van der Waals surface area contributed by atoms with Crippen molar-refractivity contribution in [3.63, 3.8) is 0 Å². The van der Waals surface area contributed by atoms with Gasteiger partial charge in [-0.05, 0) is 51.4 Å². The number of carbonyl (C=O) groups is 3. The van der Waals surface area contributed by atoms with Crippen molar-refractivity contribution in [1.29, 1.82) is 0 Å². The van der Waals surface area contributed by atoms with Crippen LogP contribution in [0.5, 0.6) is 0 Å². The summed E-state index contributed by atoms with van der Waals surface area (Å²) in [7, 11) is 0. The molecule has 0 fully saturated rings. The summed E-state index contributed by atoms with van der Waals surface area (Å²) in [5.41, 5.74) is 0. The van der Waals surface area contributed by atoms with Crippen LogP contribution in [0, 0.1) is 0 Å². The van der Waals surface area contributed by atoms with E-state index >= 15 is 0 Å². The molecule has 0 unspecified atom stereocenters. The lowest BCUT2D eigenvalue weighted by Crippen LogP contribution is -2.30. The lowest BCUT2D eigenvalue weighted by atomic mass is 10.0. The van der Waals surface area contributed by atoms with Crippen molar-refractivity contribution in [3.05, 3.63) is 24.3 Å². The van der Waals surface area contributed by atoms with E-state index in [-0.39, 0.29) is 31.1 Å². The summed E-state index contributed by atoms with van der Waals surface area (Å²) < 4.78 is 16.8. The molecular weight excluding hydrogens is 757 g/mol. The van der Waals surface area contributed by atoms with Crippen LogP contribution in [-0.4, -0.2) is 37.2 Å². The fourth-order valence-corrected chi connectivity index (χ4v) is 7.89. The molecule has 0 saturated carbocycles. The molecule has 0 aromatic carbocycles. The number of allylic oxidation sites excluding steroid dienone is 4. The Kier molecular flexibility index (Phi) is 48.8. The van der Waals surface area contributed by atoms with E-state index in [4.69, 9.17) is 14.2 Å². The molecule has 0 heterocycles. The second-order valence-electron chi connectivity index (χ2n) is 18.2. The first-order chi connectivity index (χ1) is 30.0. The third-order valence-electron chi connectivity index (χ3n) is 12.0. The lowest BCUT2D eigenvalue weighted by molar-refractivity contribution is -0.167. The van der Waals surface area contributed by atoms with Crippen molar-refractivity contribution >= 4 is 17.9 Å². The van der Waals surface area contributed by atoms with Gasteiger partial charge in [-0.15, -0.1) is 0 Å². The Morgan fingerprint density at radius 3 is 0.934 bits per heavy atom. The zero-order valence-corrected chi connectivity index (χ0v) is 40.9. The fraction of sp³-hybridized carbons (Fsp3) is 0.873. The van der Waals surface area contributed by atoms with Crippen molar-refractivity contribution in [2.45, 2.75) is 297 Å². The molecule has 1 atom stereocenters. The van der Waals surface area contributed by atoms with E-state index in [1.165, 1.54) is 173 Å². The lowest BCUT2D eigenvalue weighted by Gasteiger charge is -2.18. The first kappa shape index (κ1) is 58.9. The number of rotatable bonds is 49. The van der Waals surface area contributed by atoms with Crippen LogP contribution in [0.3, 0.4) is 0 Å². The van der Waals surface area contributed by atoms with Crippen LogP contribution in [-0.2, 0) is 28.6 Å². The van der Waals surface area contributed by atoms with Gasteiger partial charge < -0.3 is 14.2 Å². The molecule has 0 saturated heterocycles. The summed E-state index contributed by atoms with van der Waals surface area (Å²) in [5, 5.41) is 0. The Morgan fingerprint density at radius 1 is 0.328 bits per heavy atom. The summed E-state index contributed by atoms with van der Waals surface area (Å²) in [4.78, 5) is 38.0. The predicted molar refractivity (Wildman–Crippen MR) is 261 cm³/mol. The standard InChI is InChI=1S/C55H102O6/c1-4-7-10-13-16-19-22-25-28-31-33-36-39-42-45-48-54(57)60-51-52(61-55(58)49-46-43-40-37-34-30-27-24-21-18-15-12-9-6-3)50-59-53(56)47-44-41-38-35-32-29-26-23-20-17-14-11-8-5-2/h16,19,25,28,52H,4-15,17-18,20-24,26-27,29-51H2,1-3H3/b19-16-,28-25-/t52-/m1/s1. The van der Waals surface area contributed by atoms with Gasteiger partial charge in [0, 0.05) is 19.3 Å². The third kappa shape index (κ3) is 48.8. The van der Waals surface area contributed by atoms with Crippen LogP contribution < -0.4 is 0 Å². The van der Waals surface area contributed by atoms with E-state index < -0.39 is 6.10 Å². The highest BCUT2D eigenvalue weighted by molar-refractivity contribution is 5.71. The average Bonchev–Trinajstić information content (AvgIpc) is 3.26. The van der Waals surface area contributed by atoms with E-state index in [1.807, 2.05) is 0 Å². The summed E-state index contributed by atoms with van der Waals surface area (Å²) in [6.07, 6.45) is 57.2. The van der Waals surface area contributed by atoms with Gasteiger partial charge in [-0.2, -0.15) is 0 Å². The SMILES string of the molecule is CCCCC/C=C\C/C=C\CCCCCCCC(=O)OC[C@@H](COC(=O)CCCCCCCCCCCCCCCC)OC(=O)CCCCCCCCCCCCCCCC. The van der Waals surface area contributed by atoms with E-state index in [2.05, 4.69) is 45.1 Å². The molecule has 61 heavy (non-hydrogen) atoms. The zero-order valence-electron chi connectivity index (χ0n) is 40.9. The van der Waals surface area contributed by atoms with Gasteiger partial charge in [-0.25, -0.2) is 0 Å². The highest BCUT2D eigenvalue weighted by Crippen LogP contribution is 2.16. The second kappa shape index (κ2) is 50.5. The molecule has 0 N–H and O–H groups in total. The molecule has 6 nitrogen and oxygen atoms in total. The Hall–Kier alpha value is -2.11. The molecule has 0 bridgehead atoms. The molecule has 6 heteroatoms. The Morgan fingerprint density at radius 2 is 0.590 bits per heavy atom. The van der Waals surface area contributed by atoms with Gasteiger partial charge in [0.25, 0.3) is 0 Å². The molecule has 0 rings (SSSR count). The smallest absolute Gasteiger partial charge is 0.306 e. The molecule has 0 radical (unpaired) electrons. The predicted octanol–water partition coefficient (Wildman–Crippen LogP) is 17.5. The number of carbonyl (C=O) groups excluding carboxylic acids is 3. The van der Waals surface area contributed by atoms with Crippen LogP contribution in [0.15, 0.2) is 24.3 Å². The molecule has 0 aromatic heterocycles. The van der Waals surface area contributed by atoms with Crippen molar-refractivity contribution in [2.24, 2.45) is 0 Å². The van der Waals surface area contributed by atoms with Crippen LogP contribution in [0.4, 0.5) is 0 Å². The van der Waals surface area contributed by atoms with Gasteiger partial charge in [0.1, 0.15) is 13.2 Å². The molecule has 0 aromatic rings. The highest BCUT2D eigenvalue weighted by atomic mass is 16.6. The maximum absolute atomic E-state index is 12.8. The molecular formula is C55H102O6. The number of ether oxygens (including phenoxy) is 3. The minimum atomic E-state index is -0.770. The Bertz CT molecular complexity index is 989. The van der Waals surface area contributed by atoms with Crippen molar-refractivity contribution in [2.75, 3.05) is 13.2 Å². The first-order valence-electron chi connectivity index (χ1n) is 26.8. The van der Waals surface area contributed by atoms with Gasteiger partial charge in [-0.3, -0.25) is 14.4 Å². The number of esters is 3. The van der Waals surface area contributed by atoms with Crippen molar-refractivity contribution < 1.29 is 28.6 Å². The van der Waals surface area contributed by atoms with Gasteiger partial charge in [0.05, 0.1) is 0 Å². The number of hydrogen-bond donors (Lipinski definition) is 0. The molecule has 0 aliphatic heterocycles. The quantitative estimate of drug-likeness (QED) is 0.0262. The molecule has 0 aliphatic rings. The minimum Gasteiger partial charge on any atom is -0.462 e. The fourth-order valence-electron chi connectivity index (χ4n) is 7.89. The van der Waals surface area contributed by atoms with Gasteiger partial charge >= 0.3 is 17.9 Å². The molecule has 0 spiro atoms. The zero-order chi connectivity index (χ0) is 44.4. The largest absolute Gasteiger partial charge is 0.462 e. The van der Waals surface area contributed by atoms with E-state index in [0.29, 0.717) is 19.3 Å². The van der Waals surface area contributed by atoms with Crippen molar-refractivity contribution in [1.82, 2.24) is 0 Å². The van der Waals surface area contributed by atoms with Gasteiger partial charge in [0.15, 0.2) is 6.10 Å². The van der Waals surface area contributed by atoms with E-state index in [1.54, 1.807) is 0 Å². The summed E-state index contributed by atoms with van der Waals surface area (Å²) in [5.74, 6) is -0.868. The maximum atomic E-state index is 12.8. The van der Waals surface area contributed by atoms with Crippen LogP contribution in [0.2, 0.25) is 0 Å². The first-order valence-corrected chi connectivity index (χ1v) is 26.8. The second-order valence-corrected chi connectivity index (χ2v) is 18.2.